The maximum Gasteiger partial charge on any atom is 0.301 e. The molecule has 1 rings (SSSR count). The maximum atomic E-state index is 10.7. The van der Waals surface area contributed by atoms with Gasteiger partial charge in [0.05, 0.1) is 0 Å². The van der Waals surface area contributed by atoms with E-state index >= 15 is 0 Å². The molecule has 0 aromatic carbocycles. The van der Waals surface area contributed by atoms with Crippen molar-refractivity contribution in [1.82, 2.24) is 9.97 Å². The quantitative estimate of drug-likeness (QED) is 0.510. The number of nitrogen functional groups attached to an aromatic ring is 2. The molecule has 0 spiro atoms. The summed E-state index contributed by atoms with van der Waals surface area (Å²) in [4.78, 5) is 6.46. The van der Waals surface area contributed by atoms with Crippen molar-refractivity contribution in [3.8, 4) is 0 Å². The number of nitrogens with zero attached hydrogens (tertiary/aromatic N) is 2. The summed E-state index contributed by atoms with van der Waals surface area (Å²) in [6.07, 6.45) is 0. The molecule has 0 atom stereocenters. The van der Waals surface area contributed by atoms with E-state index in [1.807, 2.05) is 0 Å². The zero-order chi connectivity index (χ0) is 10.2. The number of hydrogen-bond donors (Lipinski definition) is 3. The lowest BCUT2D eigenvalue weighted by molar-refractivity contribution is 0.483. The van der Waals surface area contributed by atoms with E-state index in [-0.39, 0.29) is 17.5 Å². The van der Waals surface area contributed by atoms with Crippen LogP contribution in [0.4, 0.5) is 11.6 Å². The molecule has 0 saturated carbocycles. The SMILES string of the molecule is Cc1nc(N)c(S(=O)(=O)O)c(N)n1. The summed E-state index contributed by atoms with van der Waals surface area (Å²) in [7, 11) is -4.46. The summed E-state index contributed by atoms with van der Waals surface area (Å²) in [5.74, 6) is -0.470. The van der Waals surface area contributed by atoms with Crippen LogP contribution < -0.4 is 11.5 Å². The summed E-state index contributed by atoms with van der Waals surface area (Å²) in [5.41, 5.74) is 10.5. The molecule has 1 aromatic heterocycles. The van der Waals surface area contributed by atoms with Gasteiger partial charge in [-0.25, -0.2) is 9.97 Å². The molecule has 1 aromatic rings. The fourth-order valence-electron chi connectivity index (χ4n) is 0.871. The first-order valence-corrected chi connectivity index (χ1v) is 4.63. The Balaban J connectivity index is 3.57. The third-order valence-corrected chi connectivity index (χ3v) is 2.22. The molecule has 0 aliphatic heterocycles. The van der Waals surface area contributed by atoms with Crippen LogP contribution in [0.3, 0.4) is 0 Å². The highest BCUT2D eigenvalue weighted by Crippen LogP contribution is 2.20. The van der Waals surface area contributed by atoms with Crippen LogP contribution >= 0.6 is 0 Å². The second-order valence-electron chi connectivity index (χ2n) is 2.35. The van der Waals surface area contributed by atoms with Crippen molar-refractivity contribution in [2.24, 2.45) is 0 Å². The Morgan fingerprint density at radius 3 is 1.92 bits per heavy atom. The molecule has 0 aliphatic carbocycles. The molecular formula is C5H8N4O3S. The Bertz CT molecular complexity index is 418. The molecule has 0 amide bonds. The van der Waals surface area contributed by atoms with Crippen LogP contribution in [0.25, 0.3) is 0 Å². The van der Waals surface area contributed by atoms with Crippen molar-refractivity contribution < 1.29 is 13.0 Å². The molecule has 0 fully saturated rings. The van der Waals surface area contributed by atoms with Gasteiger partial charge in [-0.15, -0.1) is 0 Å². The number of nitrogens with two attached hydrogens (primary N) is 2. The van der Waals surface area contributed by atoms with Gasteiger partial charge in [0.25, 0.3) is 0 Å². The lowest BCUT2D eigenvalue weighted by atomic mass is 10.5. The highest BCUT2D eigenvalue weighted by atomic mass is 32.2. The molecule has 0 radical (unpaired) electrons. The van der Waals surface area contributed by atoms with E-state index in [0.29, 0.717) is 0 Å². The minimum absolute atomic E-state index is 0.238. The largest absolute Gasteiger partial charge is 0.382 e. The lowest BCUT2D eigenvalue weighted by Crippen LogP contribution is -2.11. The monoisotopic (exact) mass is 204 g/mol. The van der Waals surface area contributed by atoms with Crippen LogP contribution in [0.1, 0.15) is 5.82 Å². The topological polar surface area (TPSA) is 132 Å². The van der Waals surface area contributed by atoms with Crippen LogP contribution in [0.15, 0.2) is 4.90 Å². The minimum atomic E-state index is -4.46. The summed E-state index contributed by atoms with van der Waals surface area (Å²) < 4.78 is 30.1. The van der Waals surface area contributed by atoms with Gasteiger partial charge < -0.3 is 11.5 Å². The van der Waals surface area contributed by atoms with Crippen molar-refractivity contribution in [3.63, 3.8) is 0 Å². The van der Waals surface area contributed by atoms with Crippen LogP contribution in [0.5, 0.6) is 0 Å². The first-order valence-electron chi connectivity index (χ1n) is 3.19. The molecule has 5 N–H and O–H groups in total. The predicted molar refractivity (Wildman–Crippen MR) is 45.4 cm³/mol. The van der Waals surface area contributed by atoms with Gasteiger partial charge in [-0.2, -0.15) is 8.42 Å². The number of aryl methyl sites for hydroxylation is 1. The highest BCUT2D eigenvalue weighted by Gasteiger charge is 2.20. The van der Waals surface area contributed by atoms with Crippen molar-refractivity contribution in [1.29, 1.82) is 0 Å². The van der Waals surface area contributed by atoms with Crippen LogP contribution in [-0.2, 0) is 10.1 Å². The Hall–Kier alpha value is -1.41. The molecule has 0 aliphatic rings. The van der Waals surface area contributed by atoms with Gasteiger partial charge in [-0.1, -0.05) is 0 Å². The first kappa shape index (κ1) is 9.68. The Morgan fingerprint density at radius 2 is 1.62 bits per heavy atom. The average molecular weight is 204 g/mol. The zero-order valence-electron chi connectivity index (χ0n) is 6.72. The predicted octanol–water partition coefficient (Wildman–Crippen LogP) is -0.804. The molecule has 8 heteroatoms. The van der Waals surface area contributed by atoms with E-state index in [9.17, 15) is 8.42 Å². The van der Waals surface area contributed by atoms with E-state index in [1.54, 1.807) is 0 Å². The molecule has 0 saturated heterocycles. The molecule has 13 heavy (non-hydrogen) atoms. The molecule has 0 bridgehead atoms. The lowest BCUT2D eigenvalue weighted by Gasteiger charge is -2.04. The van der Waals surface area contributed by atoms with E-state index in [4.69, 9.17) is 16.0 Å². The van der Waals surface area contributed by atoms with Gasteiger partial charge in [0, 0.05) is 0 Å². The van der Waals surface area contributed by atoms with Gasteiger partial charge in [0.2, 0.25) is 0 Å². The van der Waals surface area contributed by atoms with Gasteiger partial charge in [-0.3, -0.25) is 4.55 Å². The third kappa shape index (κ3) is 1.84. The van der Waals surface area contributed by atoms with Crippen molar-refractivity contribution >= 4 is 21.8 Å². The van der Waals surface area contributed by atoms with Gasteiger partial charge in [0.15, 0.2) is 16.5 Å². The Morgan fingerprint density at radius 1 is 1.23 bits per heavy atom. The normalized spacial score (nSPS) is 11.5. The van der Waals surface area contributed by atoms with Crippen LogP contribution in [0.2, 0.25) is 0 Å². The number of anilines is 2. The minimum Gasteiger partial charge on any atom is -0.382 e. The van der Waals surface area contributed by atoms with E-state index in [0.717, 1.165) is 0 Å². The Labute approximate surface area is 74.5 Å². The zero-order valence-corrected chi connectivity index (χ0v) is 7.54. The van der Waals surface area contributed by atoms with Crippen molar-refractivity contribution in [2.75, 3.05) is 11.5 Å². The van der Waals surface area contributed by atoms with Crippen LogP contribution in [-0.4, -0.2) is 22.9 Å². The molecule has 7 nitrogen and oxygen atoms in total. The van der Waals surface area contributed by atoms with E-state index < -0.39 is 15.0 Å². The smallest absolute Gasteiger partial charge is 0.301 e. The summed E-state index contributed by atoms with van der Waals surface area (Å²) >= 11 is 0. The average Bonchev–Trinajstić information content (AvgIpc) is 1.78. The van der Waals surface area contributed by atoms with Gasteiger partial charge in [-0.05, 0) is 6.92 Å². The van der Waals surface area contributed by atoms with Gasteiger partial charge >= 0.3 is 10.1 Å². The summed E-state index contributed by atoms with van der Waals surface area (Å²) in [5, 5.41) is 0. The molecular weight excluding hydrogens is 196 g/mol. The maximum absolute atomic E-state index is 10.7. The third-order valence-electron chi connectivity index (χ3n) is 1.29. The second kappa shape index (κ2) is 2.82. The van der Waals surface area contributed by atoms with E-state index in [2.05, 4.69) is 9.97 Å². The first-order chi connectivity index (χ1) is 5.82. The summed E-state index contributed by atoms with van der Waals surface area (Å²) in [6, 6.07) is 0. The summed E-state index contributed by atoms with van der Waals surface area (Å²) in [6.45, 7) is 1.50. The molecule has 72 valence electrons. The molecule has 0 unspecified atom stereocenters. The van der Waals surface area contributed by atoms with Gasteiger partial charge in [0.1, 0.15) is 5.82 Å². The highest BCUT2D eigenvalue weighted by molar-refractivity contribution is 7.86. The number of hydrogen-bond acceptors (Lipinski definition) is 6. The Kier molecular flexibility index (Phi) is 2.10. The number of aromatic nitrogens is 2. The fourth-order valence-corrected chi connectivity index (χ4v) is 1.49. The second-order valence-corrected chi connectivity index (χ2v) is 3.70. The fraction of sp³-hybridized carbons (Fsp3) is 0.200. The standard InChI is InChI=1S/C5H8N4O3S/c1-2-8-4(6)3(5(7)9-2)13(10,11)12/h1H3,(H,10,11,12)(H4,6,7,8,9). The molecule has 1 heterocycles. The number of rotatable bonds is 1. The van der Waals surface area contributed by atoms with Crippen molar-refractivity contribution in [2.45, 2.75) is 11.8 Å². The van der Waals surface area contributed by atoms with Crippen molar-refractivity contribution in [3.05, 3.63) is 5.82 Å². The van der Waals surface area contributed by atoms with E-state index in [1.165, 1.54) is 6.92 Å². The van der Waals surface area contributed by atoms with Crippen LogP contribution in [0, 0.1) is 6.92 Å².